The van der Waals surface area contributed by atoms with Gasteiger partial charge >= 0.3 is 0 Å². The van der Waals surface area contributed by atoms with E-state index in [0.29, 0.717) is 6.71 Å². The largest absolute Gasteiger partial charge is 0.261 e. The summed E-state index contributed by atoms with van der Waals surface area (Å²) in [6.45, 7) is 9.51. The molecule has 0 N–H and O–H groups in total. The Morgan fingerprint density at radius 3 is 1.78 bits per heavy atom. The molecule has 1 aliphatic rings. The van der Waals surface area contributed by atoms with Crippen molar-refractivity contribution in [1.29, 1.82) is 0 Å². The van der Waals surface area contributed by atoms with Gasteiger partial charge in [-0.1, -0.05) is 137 Å². The van der Waals surface area contributed by atoms with Crippen molar-refractivity contribution in [3.63, 3.8) is 0 Å². The van der Waals surface area contributed by atoms with Gasteiger partial charge in [0.25, 0.3) is 0 Å². The zero-order valence-electron chi connectivity index (χ0n) is 20.9. The fraction of sp³-hybridized carbons (Fsp3) is 0.517. The van der Waals surface area contributed by atoms with Gasteiger partial charge in [0.2, 0.25) is 6.71 Å². The van der Waals surface area contributed by atoms with Crippen LogP contribution in [0.5, 0.6) is 0 Å². The van der Waals surface area contributed by atoms with Gasteiger partial charge in [0, 0.05) is 5.71 Å². The summed E-state index contributed by atoms with van der Waals surface area (Å²) in [6.07, 6.45) is 14.6. The Balaban J connectivity index is 0.000000233. The predicted octanol–water partition coefficient (Wildman–Crippen LogP) is 7.09. The van der Waals surface area contributed by atoms with Crippen molar-refractivity contribution in [2.45, 2.75) is 97.3 Å². The normalized spacial score (nSPS) is 16.9. The summed E-state index contributed by atoms with van der Waals surface area (Å²) in [5.41, 5.74) is 4.10. The van der Waals surface area contributed by atoms with Gasteiger partial charge in [0.05, 0.1) is 5.54 Å². The third kappa shape index (κ3) is 8.77. The second-order valence-corrected chi connectivity index (χ2v) is 9.26. The van der Waals surface area contributed by atoms with Crippen LogP contribution in [0.15, 0.2) is 70.6 Å². The SMILES string of the molecule is CB(c1ccccc1)c1ccccc1.CCCCCCC1=NC=NC1(C)CCCCCC. The lowest BCUT2D eigenvalue weighted by Crippen LogP contribution is -2.38. The lowest BCUT2D eigenvalue weighted by Gasteiger charge is -2.23. The van der Waals surface area contributed by atoms with Crippen LogP contribution in [-0.2, 0) is 0 Å². The molecule has 0 saturated carbocycles. The highest BCUT2D eigenvalue weighted by atomic mass is 15.0. The Kier molecular flexibility index (Phi) is 12.1. The second-order valence-electron chi connectivity index (χ2n) is 9.26. The molecule has 2 aromatic rings. The van der Waals surface area contributed by atoms with Gasteiger partial charge in [-0.2, -0.15) is 0 Å². The van der Waals surface area contributed by atoms with E-state index in [2.05, 4.69) is 98.2 Å². The van der Waals surface area contributed by atoms with Gasteiger partial charge in [-0.15, -0.1) is 0 Å². The summed E-state index contributed by atoms with van der Waals surface area (Å²) >= 11 is 0. The number of hydrogen-bond donors (Lipinski definition) is 0. The first-order chi connectivity index (χ1) is 15.6. The summed E-state index contributed by atoms with van der Waals surface area (Å²) in [5.74, 6) is 0. The lowest BCUT2D eigenvalue weighted by atomic mass is 9.43. The van der Waals surface area contributed by atoms with E-state index in [0.717, 1.165) is 6.42 Å². The fourth-order valence-electron chi connectivity index (χ4n) is 4.27. The highest BCUT2D eigenvalue weighted by Crippen LogP contribution is 2.27. The van der Waals surface area contributed by atoms with Crippen LogP contribution in [0, 0.1) is 0 Å². The van der Waals surface area contributed by atoms with Crippen molar-refractivity contribution < 1.29 is 0 Å². The molecule has 0 aromatic heterocycles. The highest BCUT2D eigenvalue weighted by Gasteiger charge is 2.31. The maximum atomic E-state index is 4.62. The molecule has 2 aromatic carbocycles. The molecule has 172 valence electrons. The maximum absolute atomic E-state index is 4.62. The Morgan fingerprint density at radius 1 is 0.719 bits per heavy atom. The number of benzene rings is 2. The van der Waals surface area contributed by atoms with Gasteiger partial charge in [-0.05, 0) is 26.2 Å². The van der Waals surface area contributed by atoms with Crippen molar-refractivity contribution in [2.75, 3.05) is 0 Å². The van der Waals surface area contributed by atoms with Crippen LogP contribution in [0.2, 0.25) is 6.82 Å². The van der Waals surface area contributed by atoms with Crippen LogP contribution < -0.4 is 10.9 Å². The number of hydrogen-bond acceptors (Lipinski definition) is 2. The maximum Gasteiger partial charge on any atom is 0.206 e. The van der Waals surface area contributed by atoms with Crippen molar-refractivity contribution in [3.8, 4) is 0 Å². The van der Waals surface area contributed by atoms with E-state index in [-0.39, 0.29) is 5.54 Å². The molecule has 3 rings (SSSR count). The molecule has 32 heavy (non-hydrogen) atoms. The average Bonchev–Trinajstić information content (AvgIpc) is 3.21. The topological polar surface area (TPSA) is 24.7 Å². The van der Waals surface area contributed by atoms with Crippen LogP contribution in [0.1, 0.15) is 85.0 Å². The molecule has 1 atom stereocenters. The van der Waals surface area contributed by atoms with Crippen molar-refractivity contribution in [3.05, 3.63) is 60.7 Å². The molecule has 0 radical (unpaired) electrons. The predicted molar refractivity (Wildman–Crippen MR) is 146 cm³/mol. The highest BCUT2D eigenvalue weighted by molar-refractivity contribution is 6.84. The van der Waals surface area contributed by atoms with Gasteiger partial charge < -0.3 is 0 Å². The van der Waals surface area contributed by atoms with E-state index in [1.807, 2.05) is 0 Å². The Labute approximate surface area is 197 Å². The molecule has 0 amide bonds. The molecule has 3 heteroatoms. The third-order valence-electron chi connectivity index (χ3n) is 6.56. The Morgan fingerprint density at radius 2 is 1.25 bits per heavy atom. The Hall–Kier alpha value is -2.16. The summed E-state index contributed by atoms with van der Waals surface area (Å²) in [7, 11) is 0. The average molecular weight is 430 g/mol. The molecule has 1 aliphatic heterocycles. The zero-order valence-corrected chi connectivity index (χ0v) is 20.9. The number of rotatable bonds is 12. The van der Waals surface area contributed by atoms with Crippen molar-refractivity contribution in [1.82, 2.24) is 0 Å². The van der Waals surface area contributed by atoms with Gasteiger partial charge in [-0.25, -0.2) is 4.99 Å². The minimum atomic E-state index is 0.0277. The molecule has 0 fully saturated rings. The first kappa shape index (κ1) is 26.1. The van der Waals surface area contributed by atoms with E-state index in [9.17, 15) is 0 Å². The van der Waals surface area contributed by atoms with E-state index in [1.54, 1.807) is 6.34 Å². The Bertz CT molecular complexity index is 761. The van der Waals surface area contributed by atoms with Crippen LogP contribution in [0.25, 0.3) is 0 Å². The van der Waals surface area contributed by atoms with Crippen LogP contribution in [0.3, 0.4) is 0 Å². The number of unbranched alkanes of at least 4 members (excludes halogenated alkanes) is 6. The zero-order chi connectivity index (χ0) is 23.1. The minimum absolute atomic E-state index is 0.0277. The third-order valence-corrected chi connectivity index (χ3v) is 6.56. The molecule has 0 saturated heterocycles. The quantitative estimate of drug-likeness (QED) is 0.254. The van der Waals surface area contributed by atoms with E-state index < -0.39 is 0 Å². The molecule has 0 spiro atoms. The van der Waals surface area contributed by atoms with Gasteiger partial charge in [0.15, 0.2) is 0 Å². The fourth-order valence-corrected chi connectivity index (χ4v) is 4.27. The van der Waals surface area contributed by atoms with Gasteiger partial charge in [0.1, 0.15) is 6.34 Å². The van der Waals surface area contributed by atoms with Crippen LogP contribution >= 0.6 is 0 Å². The number of nitrogens with zero attached hydrogens (tertiary/aromatic N) is 2. The second kappa shape index (κ2) is 14.8. The molecule has 2 nitrogen and oxygen atoms in total. The van der Waals surface area contributed by atoms with Gasteiger partial charge in [-0.3, -0.25) is 4.99 Å². The van der Waals surface area contributed by atoms with Crippen LogP contribution in [0.4, 0.5) is 0 Å². The standard InChI is InChI=1S/C16H30N2.C13H13B/c1-4-6-8-10-12-15-16(3,18-14-17-15)13-11-9-7-5-2;1-14(12-8-4-2-5-9-12)13-10-6-3-7-11-13/h14H,4-13H2,1-3H3;2-11H,1H3. The van der Waals surface area contributed by atoms with E-state index in [4.69, 9.17) is 0 Å². The first-order valence-electron chi connectivity index (χ1n) is 12.8. The number of aliphatic imine (C=N–C) groups is 2. The van der Waals surface area contributed by atoms with Crippen molar-refractivity contribution >= 4 is 29.7 Å². The molecular formula is C29H43BN2. The van der Waals surface area contributed by atoms with Crippen molar-refractivity contribution in [2.24, 2.45) is 9.98 Å². The summed E-state index contributed by atoms with van der Waals surface area (Å²) in [6, 6.07) is 21.2. The summed E-state index contributed by atoms with van der Waals surface area (Å²) in [4.78, 5) is 9.13. The molecule has 1 heterocycles. The van der Waals surface area contributed by atoms with E-state index in [1.165, 1.54) is 74.4 Å². The summed E-state index contributed by atoms with van der Waals surface area (Å²) < 4.78 is 0. The summed E-state index contributed by atoms with van der Waals surface area (Å²) in [5, 5.41) is 0. The molecule has 0 bridgehead atoms. The molecular weight excluding hydrogens is 387 g/mol. The first-order valence-corrected chi connectivity index (χ1v) is 12.8. The lowest BCUT2D eigenvalue weighted by molar-refractivity contribution is 0.514. The monoisotopic (exact) mass is 430 g/mol. The molecule has 1 unspecified atom stereocenters. The van der Waals surface area contributed by atoms with E-state index >= 15 is 0 Å². The molecule has 0 aliphatic carbocycles. The van der Waals surface area contributed by atoms with Crippen LogP contribution in [-0.4, -0.2) is 24.3 Å². The smallest absolute Gasteiger partial charge is 0.206 e. The minimum Gasteiger partial charge on any atom is -0.261 e.